The average molecular weight is 491 g/mol. The summed E-state index contributed by atoms with van der Waals surface area (Å²) in [4.78, 5) is 18.5. The van der Waals surface area contributed by atoms with E-state index in [0.717, 1.165) is 57.8 Å². The monoisotopic (exact) mass is 490 g/mol. The molecule has 35 heavy (non-hydrogen) atoms. The second kappa shape index (κ2) is 10.7. The number of tetrazole rings is 1. The number of aromatic amines is 1. The van der Waals surface area contributed by atoms with Gasteiger partial charge in [0.1, 0.15) is 12.4 Å². The lowest BCUT2D eigenvalue weighted by Gasteiger charge is -2.29. The van der Waals surface area contributed by atoms with Crippen molar-refractivity contribution < 1.29 is 9.53 Å². The van der Waals surface area contributed by atoms with E-state index < -0.39 is 0 Å². The lowest BCUT2D eigenvalue weighted by atomic mass is 9.98. The van der Waals surface area contributed by atoms with Crippen molar-refractivity contribution >= 4 is 18.3 Å². The number of nitrogens with one attached hydrogen (secondary N) is 1. The van der Waals surface area contributed by atoms with Gasteiger partial charge in [-0.1, -0.05) is 55.5 Å². The molecule has 0 saturated carbocycles. The summed E-state index contributed by atoms with van der Waals surface area (Å²) in [6, 6.07) is 18.3. The third-order valence-corrected chi connectivity index (χ3v) is 6.18. The summed E-state index contributed by atoms with van der Waals surface area (Å²) in [5, 5.41) is 14.3. The molecule has 0 bridgehead atoms. The number of pyridine rings is 1. The highest BCUT2D eigenvalue weighted by molar-refractivity contribution is 5.85. The molecule has 0 unspecified atom stereocenters. The second-order valence-electron chi connectivity index (χ2n) is 8.36. The van der Waals surface area contributed by atoms with E-state index in [1.165, 1.54) is 0 Å². The van der Waals surface area contributed by atoms with Crippen molar-refractivity contribution in [3.05, 3.63) is 77.1 Å². The number of nitrogens with zero attached hydrogens (tertiary/aromatic N) is 5. The number of benzene rings is 2. The van der Waals surface area contributed by atoms with Crippen LogP contribution in [0, 0.1) is 0 Å². The molecule has 2 aromatic heterocycles. The van der Waals surface area contributed by atoms with Gasteiger partial charge in [-0.05, 0) is 33.5 Å². The topological polar surface area (TPSA) is 96.9 Å². The largest absolute Gasteiger partial charge is 0.488 e. The first-order valence-corrected chi connectivity index (χ1v) is 11.4. The number of halogens is 1. The van der Waals surface area contributed by atoms with Crippen LogP contribution in [0.2, 0.25) is 0 Å². The van der Waals surface area contributed by atoms with Crippen molar-refractivity contribution in [2.75, 3.05) is 6.54 Å². The van der Waals surface area contributed by atoms with Crippen molar-refractivity contribution in [2.45, 2.75) is 39.8 Å². The van der Waals surface area contributed by atoms with E-state index in [9.17, 15) is 4.79 Å². The lowest BCUT2D eigenvalue weighted by molar-refractivity contribution is -0.129. The molecule has 8 nitrogen and oxygen atoms in total. The minimum atomic E-state index is 0. The fraction of sp³-hybridized carbons (Fsp3) is 0.269. The maximum Gasteiger partial charge on any atom is 0.219 e. The minimum Gasteiger partial charge on any atom is -0.488 e. The molecule has 9 heteroatoms. The third kappa shape index (κ3) is 5.17. The summed E-state index contributed by atoms with van der Waals surface area (Å²) in [7, 11) is 0. The number of hydrogen-bond acceptors (Lipinski definition) is 6. The van der Waals surface area contributed by atoms with Gasteiger partial charge in [0.25, 0.3) is 0 Å². The Bertz CT molecular complexity index is 1310. The number of rotatable bonds is 6. The predicted octanol–water partition coefficient (Wildman–Crippen LogP) is 4.40. The molecule has 0 radical (unpaired) electrons. The zero-order valence-electron chi connectivity index (χ0n) is 19.7. The highest BCUT2D eigenvalue weighted by atomic mass is 35.5. The van der Waals surface area contributed by atoms with Crippen LogP contribution < -0.4 is 4.74 Å². The van der Waals surface area contributed by atoms with Gasteiger partial charge < -0.3 is 9.64 Å². The molecule has 0 fully saturated rings. The van der Waals surface area contributed by atoms with Gasteiger partial charge in [-0.2, -0.15) is 0 Å². The summed E-state index contributed by atoms with van der Waals surface area (Å²) >= 11 is 0. The Labute approximate surface area is 210 Å². The van der Waals surface area contributed by atoms with E-state index in [-0.39, 0.29) is 18.3 Å². The quantitative estimate of drug-likeness (QED) is 0.430. The van der Waals surface area contributed by atoms with Crippen LogP contribution >= 0.6 is 12.4 Å². The molecular formula is C26H27ClN6O2. The number of aryl methyl sites for hydroxylation is 1. The van der Waals surface area contributed by atoms with E-state index in [2.05, 4.69) is 57.9 Å². The van der Waals surface area contributed by atoms with E-state index >= 15 is 0 Å². The predicted molar refractivity (Wildman–Crippen MR) is 135 cm³/mol. The molecule has 0 atom stereocenters. The SMILES string of the molecule is CCc1cc(OCc2ccc(-c3ccccc3-c3nnn[nH]3)cc2)c2c(n1)CCN(C(C)=O)C2.Cl. The van der Waals surface area contributed by atoms with Crippen LogP contribution in [0.3, 0.4) is 0 Å². The molecule has 3 heterocycles. The van der Waals surface area contributed by atoms with Crippen LogP contribution in [0.4, 0.5) is 0 Å². The Kier molecular flexibility index (Phi) is 7.41. The summed E-state index contributed by atoms with van der Waals surface area (Å²) in [5.41, 5.74) is 7.20. The van der Waals surface area contributed by atoms with Gasteiger partial charge in [-0.15, -0.1) is 17.5 Å². The number of carbonyl (C=O) groups excluding carboxylic acids is 1. The third-order valence-electron chi connectivity index (χ3n) is 6.18. The van der Waals surface area contributed by atoms with Crippen LogP contribution in [-0.4, -0.2) is 43.0 Å². The van der Waals surface area contributed by atoms with Crippen LogP contribution in [-0.2, 0) is 30.8 Å². The first kappa shape index (κ1) is 24.3. The molecule has 4 aromatic rings. The van der Waals surface area contributed by atoms with Gasteiger partial charge in [0, 0.05) is 42.8 Å². The molecule has 0 saturated heterocycles. The van der Waals surface area contributed by atoms with Gasteiger partial charge in [0.15, 0.2) is 5.82 Å². The molecule has 5 rings (SSSR count). The average Bonchev–Trinajstić information content (AvgIpc) is 3.42. The van der Waals surface area contributed by atoms with Gasteiger partial charge >= 0.3 is 0 Å². The number of ether oxygens (including phenoxy) is 1. The summed E-state index contributed by atoms with van der Waals surface area (Å²) in [6.07, 6.45) is 1.60. The van der Waals surface area contributed by atoms with E-state index in [4.69, 9.17) is 9.72 Å². The Morgan fingerprint density at radius 1 is 1.11 bits per heavy atom. The highest BCUT2D eigenvalue weighted by Crippen LogP contribution is 2.31. The number of carbonyl (C=O) groups is 1. The maximum atomic E-state index is 11.9. The molecule has 1 N–H and O–H groups in total. The Morgan fingerprint density at radius 2 is 1.89 bits per heavy atom. The Hall–Kier alpha value is -3.78. The first-order valence-electron chi connectivity index (χ1n) is 11.4. The molecule has 2 aromatic carbocycles. The zero-order chi connectivity index (χ0) is 23.5. The summed E-state index contributed by atoms with van der Waals surface area (Å²) in [6.45, 7) is 5.39. The van der Waals surface area contributed by atoms with Gasteiger partial charge in [0.2, 0.25) is 5.91 Å². The molecule has 1 aliphatic rings. The van der Waals surface area contributed by atoms with Crippen LogP contribution in [0.1, 0.15) is 36.4 Å². The van der Waals surface area contributed by atoms with Crippen LogP contribution in [0.15, 0.2) is 54.6 Å². The number of aromatic nitrogens is 5. The van der Waals surface area contributed by atoms with Crippen molar-refractivity contribution in [3.63, 3.8) is 0 Å². The zero-order valence-corrected chi connectivity index (χ0v) is 20.5. The van der Waals surface area contributed by atoms with Crippen molar-refractivity contribution in [1.82, 2.24) is 30.5 Å². The number of H-pyrrole nitrogens is 1. The molecule has 1 amide bonds. The Balaban J connectivity index is 0.00000289. The fourth-order valence-corrected chi connectivity index (χ4v) is 4.28. The summed E-state index contributed by atoms with van der Waals surface area (Å²) in [5.74, 6) is 1.53. The van der Waals surface area contributed by atoms with Crippen molar-refractivity contribution in [1.29, 1.82) is 0 Å². The number of fused-ring (bicyclic) bond motifs is 1. The van der Waals surface area contributed by atoms with E-state index in [0.29, 0.717) is 25.5 Å². The molecule has 1 aliphatic heterocycles. The summed E-state index contributed by atoms with van der Waals surface area (Å²) < 4.78 is 6.28. The maximum absolute atomic E-state index is 11.9. The van der Waals surface area contributed by atoms with Crippen molar-refractivity contribution in [2.24, 2.45) is 0 Å². The van der Waals surface area contributed by atoms with Gasteiger partial charge in [-0.3, -0.25) is 9.78 Å². The van der Waals surface area contributed by atoms with E-state index in [1.54, 1.807) is 6.92 Å². The standard InChI is InChI=1S/C26H26N6O2.ClH/c1-3-20-14-25(23-15-32(17(2)33)13-12-24(23)27-20)34-16-18-8-10-19(11-9-18)21-6-4-5-7-22(21)26-28-30-31-29-26;/h4-11,14H,3,12-13,15-16H2,1-2H3,(H,28,29,30,31);1H. The van der Waals surface area contributed by atoms with Crippen molar-refractivity contribution in [3.8, 4) is 28.3 Å². The fourth-order valence-electron chi connectivity index (χ4n) is 4.28. The molecule has 0 aliphatic carbocycles. The minimum absolute atomic E-state index is 0. The van der Waals surface area contributed by atoms with E-state index in [1.807, 2.05) is 29.2 Å². The van der Waals surface area contributed by atoms with Crippen LogP contribution in [0.25, 0.3) is 22.5 Å². The van der Waals surface area contributed by atoms with Gasteiger partial charge in [-0.25, -0.2) is 5.10 Å². The number of amides is 1. The molecule has 180 valence electrons. The van der Waals surface area contributed by atoms with Crippen LogP contribution in [0.5, 0.6) is 5.75 Å². The number of hydrogen-bond donors (Lipinski definition) is 1. The normalized spacial score (nSPS) is 12.6. The van der Waals surface area contributed by atoms with Gasteiger partial charge in [0.05, 0.1) is 12.2 Å². The smallest absolute Gasteiger partial charge is 0.219 e. The first-order chi connectivity index (χ1) is 16.6. The second-order valence-corrected chi connectivity index (χ2v) is 8.36. The lowest BCUT2D eigenvalue weighted by Crippen LogP contribution is -2.35. The molecular weight excluding hydrogens is 464 g/mol. The molecule has 0 spiro atoms. The highest BCUT2D eigenvalue weighted by Gasteiger charge is 2.23. The Morgan fingerprint density at radius 3 is 2.57 bits per heavy atom.